The molecule has 138 valence electrons. The first kappa shape index (κ1) is 17.1. The molecular weight excluding hydrogens is 342 g/mol. The molecule has 0 radical (unpaired) electrons. The lowest BCUT2D eigenvalue weighted by Crippen LogP contribution is -2.28. The Balaban J connectivity index is 1.44. The maximum atomic E-state index is 12.6. The minimum Gasteiger partial charge on any atom is -0.416 e. The Labute approximate surface area is 157 Å². The van der Waals surface area contributed by atoms with Crippen LogP contribution in [0.15, 0.2) is 65.8 Å². The van der Waals surface area contributed by atoms with Crippen molar-refractivity contribution in [3.8, 4) is 0 Å². The Hall–Kier alpha value is -3.35. The smallest absolute Gasteiger partial charge is 0.264 e. The van der Waals surface area contributed by atoms with Gasteiger partial charge in [-0.3, -0.25) is 4.79 Å². The van der Waals surface area contributed by atoms with Crippen molar-refractivity contribution in [2.75, 3.05) is 5.32 Å². The van der Waals surface area contributed by atoms with Gasteiger partial charge >= 0.3 is 0 Å². The Kier molecular flexibility index (Phi) is 4.50. The molecule has 1 amide bonds. The number of amides is 1. The van der Waals surface area contributed by atoms with Crippen molar-refractivity contribution in [3.63, 3.8) is 0 Å². The van der Waals surface area contributed by atoms with E-state index in [2.05, 4.69) is 20.7 Å². The number of anilines is 1. The third-order valence-electron chi connectivity index (χ3n) is 4.62. The van der Waals surface area contributed by atoms with Gasteiger partial charge in [-0.15, -0.1) is 5.10 Å². The third-order valence-corrected chi connectivity index (χ3v) is 4.62. The Morgan fingerprint density at radius 1 is 1.30 bits per heavy atom. The van der Waals surface area contributed by atoms with Gasteiger partial charge in [-0.25, -0.2) is 9.99 Å². The number of rotatable bonds is 5. The molecule has 2 unspecified atom stereocenters. The van der Waals surface area contributed by atoms with Gasteiger partial charge in [0.1, 0.15) is 11.9 Å². The van der Waals surface area contributed by atoms with Crippen molar-refractivity contribution < 1.29 is 9.53 Å². The Morgan fingerprint density at radius 3 is 2.78 bits per heavy atom. The monoisotopic (exact) mass is 363 g/mol. The van der Waals surface area contributed by atoms with E-state index in [4.69, 9.17) is 4.74 Å². The summed E-state index contributed by atoms with van der Waals surface area (Å²) in [5, 5.41) is 12.2. The summed E-state index contributed by atoms with van der Waals surface area (Å²) in [6, 6.07) is 13.4. The van der Waals surface area contributed by atoms with Crippen LogP contribution in [0, 0.1) is 0 Å². The number of carbonyl (C=O) groups excluding carboxylic acids is 1. The topological polar surface area (TPSA) is 78.9 Å². The van der Waals surface area contributed by atoms with E-state index in [9.17, 15) is 4.79 Å². The number of hydrazone groups is 1. The number of nitrogens with zero attached hydrogens (tertiary/aromatic N) is 3. The standard InChI is InChI=1S/C20H21N5O2/c1-3-16(14-7-5-4-6-8-14)19(26)23-15-9-10-17(22-11-15)20-24-25-13(2)21-12-18(25)27-20/h4-13,16,21H,3H2,1-2H3,(H,23,26). The number of aromatic nitrogens is 1. The summed E-state index contributed by atoms with van der Waals surface area (Å²) in [6.07, 6.45) is 4.18. The van der Waals surface area contributed by atoms with Crippen molar-refractivity contribution in [2.24, 2.45) is 5.10 Å². The molecule has 2 aromatic rings. The summed E-state index contributed by atoms with van der Waals surface area (Å²) in [5.41, 5.74) is 2.27. The largest absolute Gasteiger partial charge is 0.416 e. The van der Waals surface area contributed by atoms with Gasteiger partial charge in [0.25, 0.3) is 5.90 Å². The van der Waals surface area contributed by atoms with Gasteiger partial charge in [0.15, 0.2) is 0 Å². The van der Waals surface area contributed by atoms with Crippen molar-refractivity contribution >= 4 is 17.5 Å². The lowest BCUT2D eigenvalue weighted by atomic mass is 9.95. The van der Waals surface area contributed by atoms with Crippen molar-refractivity contribution in [1.29, 1.82) is 0 Å². The molecule has 3 heterocycles. The van der Waals surface area contributed by atoms with Crippen molar-refractivity contribution in [1.82, 2.24) is 15.3 Å². The molecule has 1 aromatic carbocycles. The van der Waals surface area contributed by atoms with Gasteiger partial charge in [0.2, 0.25) is 11.8 Å². The number of hydrogen-bond donors (Lipinski definition) is 2. The maximum absolute atomic E-state index is 12.6. The fourth-order valence-corrected chi connectivity index (χ4v) is 3.13. The molecule has 2 aliphatic rings. The van der Waals surface area contributed by atoms with Crippen LogP contribution < -0.4 is 10.6 Å². The molecule has 2 N–H and O–H groups in total. The molecule has 0 aliphatic carbocycles. The molecule has 7 nitrogen and oxygen atoms in total. The molecule has 4 rings (SSSR count). The van der Waals surface area contributed by atoms with Crippen LogP contribution in [0.3, 0.4) is 0 Å². The average Bonchev–Trinajstić information content (AvgIpc) is 3.26. The minimum atomic E-state index is -0.193. The first-order valence-electron chi connectivity index (χ1n) is 9.00. The van der Waals surface area contributed by atoms with Crippen LogP contribution in [0.2, 0.25) is 0 Å². The molecule has 0 saturated carbocycles. The Morgan fingerprint density at radius 2 is 2.11 bits per heavy atom. The molecule has 0 fully saturated rings. The molecule has 0 saturated heterocycles. The van der Waals surface area contributed by atoms with Gasteiger partial charge < -0.3 is 15.4 Å². The van der Waals surface area contributed by atoms with Crippen LogP contribution in [0.5, 0.6) is 0 Å². The molecule has 2 atom stereocenters. The second kappa shape index (κ2) is 7.11. The highest BCUT2D eigenvalue weighted by atomic mass is 16.5. The highest BCUT2D eigenvalue weighted by Gasteiger charge is 2.32. The fraction of sp³-hybridized carbons (Fsp3) is 0.250. The van der Waals surface area contributed by atoms with E-state index in [0.717, 1.165) is 12.0 Å². The zero-order chi connectivity index (χ0) is 18.8. The van der Waals surface area contributed by atoms with E-state index in [1.165, 1.54) is 0 Å². The molecule has 27 heavy (non-hydrogen) atoms. The normalized spacial score (nSPS) is 18.7. The average molecular weight is 363 g/mol. The van der Waals surface area contributed by atoms with Gasteiger partial charge in [0, 0.05) is 0 Å². The van der Waals surface area contributed by atoms with E-state index in [1.807, 2.05) is 50.2 Å². The molecular formula is C20H21N5O2. The number of pyridine rings is 1. The zero-order valence-electron chi connectivity index (χ0n) is 15.2. The number of hydrogen-bond acceptors (Lipinski definition) is 6. The van der Waals surface area contributed by atoms with Gasteiger partial charge in [0.05, 0.1) is 24.0 Å². The molecule has 2 aliphatic heterocycles. The summed E-state index contributed by atoms with van der Waals surface area (Å²) < 4.78 is 5.70. The number of fused-ring (bicyclic) bond motifs is 1. The van der Waals surface area contributed by atoms with Crippen molar-refractivity contribution in [3.05, 3.63) is 72.0 Å². The third kappa shape index (κ3) is 3.36. The van der Waals surface area contributed by atoms with E-state index in [1.54, 1.807) is 23.5 Å². The maximum Gasteiger partial charge on any atom is 0.264 e. The van der Waals surface area contributed by atoms with Crippen LogP contribution in [0.25, 0.3) is 0 Å². The highest BCUT2D eigenvalue weighted by Crippen LogP contribution is 2.25. The van der Waals surface area contributed by atoms with E-state index < -0.39 is 0 Å². The predicted molar refractivity (Wildman–Crippen MR) is 102 cm³/mol. The van der Waals surface area contributed by atoms with Gasteiger partial charge in [-0.2, -0.15) is 0 Å². The zero-order valence-corrected chi connectivity index (χ0v) is 15.2. The van der Waals surface area contributed by atoms with Crippen LogP contribution in [-0.4, -0.2) is 28.0 Å². The second-order valence-electron chi connectivity index (χ2n) is 6.47. The van der Waals surface area contributed by atoms with Crippen LogP contribution in [-0.2, 0) is 9.53 Å². The van der Waals surface area contributed by atoms with Crippen LogP contribution in [0.1, 0.15) is 37.4 Å². The Bertz CT molecular complexity index is 892. The lowest BCUT2D eigenvalue weighted by molar-refractivity contribution is -0.117. The summed E-state index contributed by atoms with van der Waals surface area (Å²) in [5.74, 6) is 0.869. The quantitative estimate of drug-likeness (QED) is 0.854. The first-order chi connectivity index (χ1) is 13.2. The van der Waals surface area contributed by atoms with Gasteiger partial charge in [-0.1, -0.05) is 37.3 Å². The van der Waals surface area contributed by atoms with E-state index in [-0.39, 0.29) is 18.0 Å². The van der Waals surface area contributed by atoms with Crippen LogP contribution in [0.4, 0.5) is 5.69 Å². The number of ether oxygens (including phenoxy) is 1. The number of carbonyl (C=O) groups is 1. The summed E-state index contributed by atoms with van der Waals surface area (Å²) in [6.45, 7) is 3.99. The highest BCUT2D eigenvalue weighted by molar-refractivity contribution is 5.97. The summed E-state index contributed by atoms with van der Waals surface area (Å²) >= 11 is 0. The number of nitrogens with one attached hydrogen (secondary N) is 2. The molecule has 7 heteroatoms. The molecule has 0 bridgehead atoms. The predicted octanol–water partition coefficient (Wildman–Crippen LogP) is 2.96. The number of benzene rings is 1. The van der Waals surface area contributed by atoms with Crippen molar-refractivity contribution in [2.45, 2.75) is 32.4 Å². The van der Waals surface area contributed by atoms with E-state index in [0.29, 0.717) is 23.2 Å². The first-order valence-corrected chi connectivity index (χ1v) is 9.00. The molecule has 0 spiro atoms. The SMILES string of the molecule is CCC(C(=O)Nc1ccc(C2=NN3C(=CNC3C)O2)nc1)c1ccccc1. The summed E-state index contributed by atoms with van der Waals surface area (Å²) in [4.78, 5) is 17.0. The summed E-state index contributed by atoms with van der Waals surface area (Å²) in [7, 11) is 0. The molecule has 1 aromatic heterocycles. The van der Waals surface area contributed by atoms with E-state index >= 15 is 0 Å². The minimum absolute atomic E-state index is 0.0431. The fourth-order valence-electron chi connectivity index (χ4n) is 3.13. The second-order valence-corrected chi connectivity index (χ2v) is 6.47. The lowest BCUT2D eigenvalue weighted by Gasteiger charge is -2.15. The van der Waals surface area contributed by atoms with Gasteiger partial charge in [-0.05, 0) is 31.0 Å². The van der Waals surface area contributed by atoms with Crippen LogP contribution >= 0.6 is 0 Å².